The summed E-state index contributed by atoms with van der Waals surface area (Å²) in [5.41, 5.74) is 1.09. The van der Waals surface area contributed by atoms with Crippen molar-refractivity contribution in [1.29, 1.82) is 0 Å². The summed E-state index contributed by atoms with van der Waals surface area (Å²) in [6.07, 6.45) is 1.78. The molecule has 1 aliphatic rings. The molecular formula is C21H25ClN6O2. The summed E-state index contributed by atoms with van der Waals surface area (Å²) in [4.78, 5) is 21.4. The number of amides is 1. The second kappa shape index (κ2) is 8.20. The summed E-state index contributed by atoms with van der Waals surface area (Å²) in [6.45, 7) is 9.51. The van der Waals surface area contributed by atoms with Gasteiger partial charge in [0.15, 0.2) is 11.5 Å². The highest BCUT2D eigenvalue weighted by Gasteiger charge is 2.26. The van der Waals surface area contributed by atoms with Crippen molar-refractivity contribution in [3.8, 4) is 5.69 Å². The number of piperazine rings is 1. The number of hydrogen-bond donors (Lipinski definition) is 0. The minimum absolute atomic E-state index is 0.0648. The normalized spacial score (nSPS) is 15.5. The fraction of sp³-hybridized carbons (Fsp3) is 0.429. The average molecular weight is 429 g/mol. The standard InChI is InChI=1S/C21H25ClN6O2/c1-21(2,3)20-23-18(25-30-20)14-26-9-11-27(12-10-26)19(29)17-7-8-28(24-17)16-6-4-5-15(22)13-16/h4-8,13H,9-12,14H2,1-3H3. The van der Waals surface area contributed by atoms with E-state index in [4.69, 9.17) is 16.1 Å². The number of nitrogens with zero attached hydrogens (tertiary/aromatic N) is 6. The molecule has 0 aliphatic carbocycles. The Kier molecular flexibility index (Phi) is 5.62. The van der Waals surface area contributed by atoms with Crippen LogP contribution in [0.25, 0.3) is 5.69 Å². The molecular weight excluding hydrogens is 404 g/mol. The highest BCUT2D eigenvalue weighted by molar-refractivity contribution is 6.30. The average Bonchev–Trinajstić information content (AvgIpc) is 3.38. The first-order chi connectivity index (χ1) is 14.3. The van der Waals surface area contributed by atoms with Gasteiger partial charge in [-0.3, -0.25) is 9.69 Å². The summed E-state index contributed by atoms with van der Waals surface area (Å²) in [5, 5.41) is 9.14. The fourth-order valence-corrected chi connectivity index (χ4v) is 3.48. The lowest BCUT2D eigenvalue weighted by atomic mass is 9.97. The molecule has 0 saturated carbocycles. The van der Waals surface area contributed by atoms with Crippen molar-refractivity contribution in [3.05, 3.63) is 59.0 Å². The Hall–Kier alpha value is -2.71. The maximum absolute atomic E-state index is 12.9. The number of rotatable bonds is 4. The fourth-order valence-electron chi connectivity index (χ4n) is 3.29. The first kappa shape index (κ1) is 20.6. The zero-order chi connectivity index (χ0) is 21.3. The van der Waals surface area contributed by atoms with Gasteiger partial charge in [-0.1, -0.05) is 43.6 Å². The first-order valence-corrected chi connectivity index (χ1v) is 10.3. The molecule has 30 heavy (non-hydrogen) atoms. The van der Waals surface area contributed by atoms with E-state index in [-0.39, 0.29) is 11.3 Å². The molecule has 9 heteroatoms. The maximum atomic E-state index is 12.9. The van der Waals surface area contributed by atoms with Crippen LogP contribution in [0.5, 0.6) is 0 Å². The van der Waals surface area contributed by atoms with E-state index in [1.165, 1.54) is 0 Å². The summed E-state index contributed by atoms with van der Waals surface area (Å²) in [5.74, 6) is 1.26. The third-order valence-electron chi connectivity index (χ3n) is 5.02. The second-order valence-corrected chi connectivity index (χ2v) is 8.90. The van der Waals surface area contributed by atoms with E-state index in [1.807, 2.05) is 43.9 Å². The van der Waals surface area contributed by atoms with Crippen LogP contribution in [0.2, 0.25) is 5.02 Å². The van der Waals surface area contributed by atoms with E-state index in [0.29, 0.717) is 42.1 Å². The van der Waals surface area contributed by atoms with Gasteiger partial charge in [-0.15, -0.1) is 0 Å². The van der Waals surface area contributed by atoms with Crippen LogP contribution in [0, 0.1) is 0 Å². The maximum Gasteiger partial charge on any atom is 0.274 e. The lowest BCUT2D eigenvalue weighted by Crippen LogP contribution is -2.48. The van der Waals surface area contributed by atoms with Crippen LogP contribution >= 0.6 is 11.6 Å². The van der Waals surface area contributed by atoms with Crippen LogP contribution < -0.4 is 0 Å². The zero-order valence-corrected chi connectivity index (χ0v) is 18.1. The SMILES string of the molecule is CC(C)(C)c1nc(CN2CCN(C(=O)c3ccn(-c4cccc(Cl)c4)n3)CC2)no1. The van der Waals surface area contributed by atoms with Gasteiger partial charge < -0.3 is 9.42 Å². The predicted molar refractivity (Wildman–Crippen MR) is 113 cm³/mol. The molecule has 3 aromatic rings. The van der Waals surface area contributed by atoms with Crippen LogP contribution in [0.3, 0.4) is 0 Å². The molecule has 0 atom stereocenters. The van der Waals surface area contributed by atoms with E-state index in [0.717, 1.165) is 18.8 Å². The van der Waals surface area contributed by atoms with Crippen LogP contribution in [0.1, 0.15) is 43.0 Å². The second-order valence-electron chi connectivity index (χ2n) is 8.46. The van der Waals surface area contributed by atoms with Gasteiger partial charge in [0.2, 0.25) is 5.89 Å². The summed E-state index contributed by atoms with van der Waals surface area (Å²) in [7, 11) is 0. The monoisotopic (exact) mass is 428 g/mol. The van der Waals surface area contributed by atoms with Crippen LogP contribution in [-0.2, 0) is 12.0 Å². The van der Waals surface area contributed by atoms with E-state index < -0.39 is 0 Å². The molecule has 1 aliphatic heterocycles. The third-order valence-corrected chi connectivity index (χ3v) is 5.25. The minimum atomic E-state index is -0.162. The van der Waals surface area contributed by atoms with E-state index >= 15 is 0 Å². The lowest BCUT2D eigenvalue weighted by molar-refractivity contribution is 0.0618. The van der Waals surface area contributed by atoms with Crippen molar-refractivity contribution in [1.82, 2.24) is 29.7 Å². The molecule has 4 rings (SSSR count). The number of hydrogen-bond acceptors (Lipinski definition) is 6. The van der Waals surface area contributed by atoms with Crippen molar-refractivity contribution in [3.63, 3.8) is 0 Å². The molecule has 0 N–H and O–H groups in total. The van der Waals surface area contributed by atoms with Gasteiger partial charge >= 0.3 is 0 Å². The van der Waals surface area contributed by atoms with E-state index in [2.05, 4.69) is 20.1 Å². The number of carbonyl (C=O) groups is 1. The molecule has 1 aromatic carbocycles. The number of benzene rings is 1. The predicted octanol–water partition coefficient (Wildman–Crippen LogP) is 3.16. The molecule has 2 aromatic heterocycles. The quantitative estimate of drug-likeness (QED) is 0.635. The highest BCUT2D eigenvalue weighted by atomic mass is 35.5. The van der Waals surface area contributed by atoms with Crippen molar-refractivity contribution >= 4 is 17.5 Å². The topological polar surface area (TPSA) is 80.3 Å². The summed E-state index contributed by atoms with van der Waals surface area (Å²) >= 11 is 6.05. The summed E-state index contributed by atoms with van der Waals surface area (Å²) < 4.78 is 7.03. The molecule has 1 fully saturated rings. The first-order valence-electron chi connectivity index (χ1n) is 9.96. The van der Waals surface area contributed by atoms with Crippen LogP contribution in [0.15, 0.2) is 41.1 Å². The van der Waals surface area contributed by atoms with Crippen molar-refractivity contribution in [2.75, 3.05) is 26.2 Å². The molecule has 0 bridgehead atoms. The van der Waals surface area contributed by atoms with Crippen molar-refractivity contribution in [2.24, 2.45) is 0 Å². The van der Waals surface area contributed by atoms with Gasteiger partial charge in [0.05, 0.1) is 12.2 Å². The number of aromatic nitrogens is 4. The van der Waals surface area contributed by atoms with Gasteiger partial charge in [0.25, 0.3) is 5.91 Å². The smallest absolute Gasteiger partial charge is 0.274 e. The van der Waals surface area contributed by atoms with Gasteiger partial charge in [-0.2, -0.15) is 10.1 Å². The lowest BCUT2D eigenvalue weighted by Gasteiger charge is -2.33. The molecule has 0 unspecified atom stereocenters. The summed E-state index contributed by atoms with van der Waals surface area (Å²) in [6, 6.07) is 9.11. The number of halogens is 1. The molecule has 0 spiro atoms. The molecule has 1 amide bonds. The van der Waals surface area contributed by atoms with Gasteiger partial charge in [-0.25, -0.2) is 4.68 Å². The van der Waals surface area contributed by atoms with Gasteiger partial charge in [0, 0.05) is 42.8 Å². The Morgan fingerprint density at radius 3 is 2.60 bits per heavy atom. The molecule has 8 nitrogen and oxygen atoms in total. The van der Waals surface area contributed by atoms with Crippen molar-refractivity contribution in [2.45, 2.75) is 32.7 Å². The Bertz CT molecular complexity index is 1030. The van der Waals surface area contributed by atoms with Crippen LogP contribution in [0.4, 0.5) is 0 Å². The molecule has 158 valence electrons. The van der Waals surface area contributed by atoms with E-state index in [9.17, 15) is 4.79 Å². The Labute approximate surface area is 180 Å². The Morgan fingerprint density at radius 1 is 1.17 bits per heavy atom. The third kappa shape index (κ3) is 4.55. The van der Waals surface area contributed by atoms with E-state index in [1.54, 1.807) is 23.0 Å². The molecule has 3 heterocycles. The van der Waals surface area contributed by atoms with Gasteiger partial charge in [0.1, 0.15) is 0 Å². The Balaban J connectivity index is 1.34. The van der Waals surface area contributed by atoms with Crippen LogP contribution in [-0.4, -0.2) is 61.8 Å². The minimum Gasteiger partial charge on any atom is -0.339 e. The molecule has 1 saturated heterocycles. The van der Waals surface area contributed by atoms with Crippen molar-refractivity contribution < 1.29 is 9.32 Å². The molecule has 0 radical (unpaired) electrons. The highest BCUT2D eigenvalue weighted by Crippen LogP contribution is 2.20. The van der Waals surface area contributed by atoms with Gasteiger partial charge in [-0.05, 0) is 24.3 Å². The number of carbonyl (C=O) groups excluding carboxylic acids is 1. The Morgan fingerprint density at radius 2 is 1.93 bits per heavy atom. The largest absolute Gasteiger partial charge is 0.339 e. The zero-order valence-electron chi connectivity index (χ0n) is 17.4.